The minimum Gasteiger partial charge on any atom is -0.298 e. The lowest BCUT2D eigenvalue weighted by molar-refractivity contribution is 0.0693. The summed E-state index contributed by atoms with van der Waals surface area (Å²) in [4.78, 5) is 42.0. The fraction of sp³-hybridized carbons (Fsp3) is 0.0526. The largest absolute Gasteiger partial charge is 0.298 e. The molecule has 0 saturated heterocycles. The van der Waals surface area contributed by atoms with Crippen molar-refractivity contribution >= 4 is 45.8 Å². The van der Waals surface area contributed by atoms with Crippen LogP contribution >= 0.6 is 22.9 Å². The SMILES string of the molecule is CN1C(=O)c2ccc(C(=O)Nc3nc(-c4ccccc4Cl)cs3)cc2C1=O. The Labute approximate surface area is 163 Å². The van der Waals surface area contributed by atoms with Crippen molar-refractivity contribution in [1.29, 1.82) is 0 Å². The lowest BCUT2D eigenvalue weighted by atomic mass is 10.1. The normalized spacial score (nSPS) is 13.0. The maximum Gasteiger partial charge on any atom is 0.261 e. The van der Waals surface area contributed by atoms with E-state index >= 15 is 0 Å². The third-order valence-electron chi connectivity index (χ3n) is 4.23. The van der Waals surface area contributed by atoms with Gasteiger partial charge in [0.05, 0.1) is 16.8 Å². The number of anilines is 1. The predicted octanol–water partition coefficient (Wildman–Crippen LogP) is 3.94. The van der Waals surface area contributed by atoms with Gasteiger partial charge in [0, 0.05) is 28.6 Å². The van der Waals surface area contributed by atoms with Crippen LogP contribution in [0.15, 0.2) is 47.8 Å². The number of nitrogens with zero attached hydrogens (tertiary/aromatic N) is 2. The van der Waals surface area contributed by atoms with Gasteiger partial charge in [0.1, 0.15) is 0 Å². The Kier molecular flexibility index (Phi) is 4.25. The number of benzene rings is 2. The minimum absolute atomic E-state index is 0.228. The van der Waals surface area contributed by atoms with E-state index in [9.17, 15) is 14.4 Å². The number of amides is 3. The van der Waals surface area contributed by atoms with E-state index in [1.54, 1.807) is 11.4 Å². The first-order valence-corrected chi connectivity index (χ1v) is 9.19. The summed E-state index contributed by atoms with van der Waals surface area (Å²) in [6, 6.07) is 11.7. The van der Waals surface area contributed by atoms with Crippen molar-refractivity contribution in [2.45, 2.75) is 0 Å². The summed E-state index contributed by atoms with van der Waals surface area (Å²) in [6.45, 7) is 0. The summed E-state index contributed by atoms with van der Waals surface area (Å²) in [5.74, 6) is -1.20. The number of hydrogen-bond acceptors (Lipinski definition) is 5. The van der Waals surface area contributed by atoms with Crippen molar-refractivity contribution in [3.05, 3.63) is 69.6 Å². The van der Waals surface area contributed by atoms with Crippen LogP contribution in [0.3, 0.4) is 0 Å². The molecular weight excluding hydrogens is 386 g/mol. The fourth-order valence-electron chi connectivity index (χ4n) is 2.80. The van der Waals surface area contributed by atoms with Crippen molar-refractivity contribution in [2.75, 3.05) is 12.4 Å². The van der Waals surface area contributed by atoms with Crippen LogP contribution in [0, 0.1) is 0 Å². The number of fused-ring (bicyclic) bond motifs is 1. The Bertz CT molecular complexity index is 1110. The number of thiazole rings is 1. The van der Waals surface area contributed by atoms with Gasteiger partial charge in [-0.05, 0) is 24.3 Å². The first-order valence-electron chi connectivity index (χ1n) is 7.94. The summed E-state index contributed by atoms with van der Waals surface area (Å²) < 4.78 is 0. The quantitative estimate of drug-likeness (QED) is 0.679. The molecule has 2 heterocycles. The molecule has 0 aliphatic carbocycles. The van der Waals surface area contributed by atoms with E-state index in [0.717, 1.165) is 10.5 Å². The topological polar surface area (TPSA) is 79.4 Å². The molecule has 0 saturated carbocycles. The third-order valence-corrected chi connectivity index (χ3v) is 5.31. The molecule has 1 aromatic heterocycles. The zero-order valence-electron chi connectivity index (χ0n) is 14.0. The van der Waals surface area contributed by atoms with Gasteiger partial charge in [0.15, 0.2) is 5.13 Å². The molecule has 0 spiro atoms. The summed E-state index contributed by atoms with van der Waals surface area (Å²) in [5, 5.41) is 5.50. The summed E-state index contributed by atoms with van der Waals surface area (Å²) in [7, 11) is 1.41. The van der Waals surface area contributed by atoms with Crippen molar-refractivity contribution in [1.82, 2.24) is 9.88 Å². The number of hydrogen-bond donors (Lipinski definition) is 1. The van der Waals surface area contributed by atoms with Crippen molar-refractivity contribution in [2.24, 2.45) is 0 Å². The highest BCUT2D eigenvalue weighted by Crippen LogP contribution is 2.30. The van der Waals surface area contributed by atoms with Crippen LogP contribution in [-0.4, -0.2) is 34.7 Å². The first kappa shape index (κ1) is 17.4. The van der Waals surface area contributed by atoms with Gasteiger partial charge in [0.2, 0.25) is 0 Å². The zero-order chi connectivity index (χ0) is 19.1. The van der Waals surface area contributed by atoms with Gasteiger partial charge in [-0.15, -0.1) is 11.3 Å². The Balaban J connectivity index is 1.57. The van der Waals surface area contributed by atoms with Crippen LogP contribution in [0.5, 0.6) is 0 Å². The van der Waals surface area contributed by atoms with Gasteiger partial charge in [-0.25, -0.2) is 4.98 Å². The molecule has 0 bridgehead atoms. The Hall–Kier alpha value is -3.03. The van der Waals surface area contributed by atoms with Crippen molar-refractivity contribution in [3.63, 3.8) is 0 Å². The molecule has 1 N–H and O–H groups in total. The van der Waals surface area contributed by atoms with E-state index < -0.39 is 11.8 Å². The van der Waals surface area contributed by atoms with Crippen LogP contribution in [-0.2, 0) is 0 Å². The highest BCUT2D eigenvalue weighted by Gasteiger charge is 2.33. The first-order chi connectivity index (χ1) is 13.0. The smallest absolute Gasteiger partial charge is 0.261 e. The highest BCUT2D eigenvalue weighted by atomic mass is 35.5. The van der Waals surface area contributed by atoms with Crippen LogP contribution in [0.4, 0.5) is 5.13 Å². The maximum absolute atomic E-state index is 12.5. The Morgan fingerprint density at radius 2 is 1.81 bits per heavy atom. The van der Waals surface area contributed by atoms with Gasteiger partial charge in [-0.1, -0.05) is 29.8 Å². The van der Waals surface area contributed by atoms with Crippen LogP contribution in [0.1, 0.15) is 31.1 Å². The van der Waals surface area contributed by atoms with E-state index in [4.69, 9.17) is 11.6 Å². The standard InChI is InChI=1S/C19H12ClN3O3S/c1-23-17(25)11-7-6-10(8-13(11)18(23)26)16(24)22-19-21-15(9-27-19)12-4-2-3-5-14(12)20/h2-9H,1H3,(H,21,22,24). The lowest BCUT2D eigenvalue weighted by Gasteiger charge is -2.03. The van der Waals surface area contributed by atoms with E-state index in [1.165, 1.54) is 36.6 Å². The average molecular weight is 398 g/mol. The zero-order valence-corrected chi connectivity index (χ0v) is 15.6. The van der Waals surface area contributed by atoms with Crippen LogP contribution in [0.2, 0.25) is 5.02 Å². The molecule has 4 rings (SSSR count). The highest BCUT2D eigenvalue weighted by molar-refractivity contribution is 7.14. The number of nitrogens with one attached hydrogen (secondary N) is 1. The van der Waals surface area contributed by atoms with Crippen LogP contribution in [0.25, 0.3) is 11.3 Å². The number of halogens is 1. The van der Waals surface area contributed by atoms with Gasteiger partial charge in [0.25, 0.3) is 17.7 Å². The summed E-state index contributed by atoms with van der Waals surface area (Å²) in [6.07, 6.45) is 0. The summed E-state index contributed by atoms with van der Waals surface area (Å²) in [5.41, 5.74) is 2.25. The minimum atomic E-state index is -0.417. The number of aromatic nitrogens is 1. The molecule has 3 amide bonds. The molecule has 0 fully saturated rings. The maximum atomic E-state index is 12.5. The third kappa shape index (κ3) is 3.01. The van der Waals surface area contributed by atoms with Gasteiger partial charge in [-0.3, -0.25) is 24.6 Å². The van der Waals surface area contributed by atoms with E-state index in [2.05, 4.69) is 10.3 Å². The number of imide groups is 1. The molecule has 8 heteroatoms. The molecule has 3 aromatic rings. The van der Waals surface area contributed by atoms with E-state index in [-0.39, 0.29) is 17.0 Å². The fourth-order valence-corrected chi connectivity index (χ4v) is 3.73. The monoisotopic (exact) mass is 397 g/mol. The molecule has 6 nitrogen and oxygen atoms in total. The molecule has 0 atom stereocenters. The van der Waals surface area contributed by atoms with Crippen molar-refractivity contribution in [3.8, 4) is 11.3 Å². The Morgan fingerprint density at radius 1 is 1.07 bits per heavy atom. The second-order valence-electron chi connectivity index (χ2n) is 5.90. The summed E-state index contributed by atoms with van der Waals surface area (Å²) >= 11 is 7.45. The average Bonchev–Trinajstić information content (AvgIpc) is 3.21. The molecule has 0 radical (unpaired) electrons. The molecule has 134 valence electrons. The molecular formula is C19H12ClN3O3S. The van der Waals surface area contributed by atoms with E-state index in [1.807, 2.05) is 18.2 Å². The van der Waals surface area contributed by atoms with E-state index in [0.29, 0.717) is 21.4 Å². The second kappa shape index (κ2) is 6.61. The number of carbonyl (C=O) groups excluding carboxylic acids is 3. The van der Waals surface area contributed by atoms with Gasteiger partial charge in [-0.2, -0.15) is 0 Å². The molecule has 2 aromatic carbocycles. The molecule has 1 aliphatic heterocycles. The van der Waals surface area contributed by atoms with Gasteiger partial charge >= 0.3 is 0 Å². The molecule has 27 heavy (non-hydrogen) atoms. The van der Waals surface area contributed by atoms with Gasteiger partial charge < -0.3 is 0 Å². The molecule has 1 aliphatic rings. The van der Waals surface area contributed by atoms with Crippen molar-refractivity contribution < 1.29 is 14.4 Å². The number of carbonyl (C=O) groups is 3. The Morgan fingerprint density at radius 3 is 2.59 bits per heavy atom. The number of rotatable bonds is 3. The lowest BCUT2D eigenvalue weighted by Crippen LogP contribution is -2.24. The second-order valence-corrected chi connectivity index (χ2v) is 7.17. The predicted molar refractivity (Wildman–Crippen MR) is 103 cm³/mol. The van der Waals surface area contributed by atoms with Crippen LogP contribution < -0.4 is 5.32 Å². The molecule has 0 unspecified atom stereocenters.